The van der Waals surface area contributed by atoms with Crippen molar-refractivity contribution in [2.75, 3.05) is 11.9 Å². The highest BCUT2D eigenvalue weighted by Gasteiger charge is 2.26. The summed E-state index contributed by atoms with van der Waals surface area (Å²) in [6.45, 7) is -0.0217. The molecule has 0 bridgehead atoms. The molecule has 2 amide bonds. The molecule has 0 aliphatic carbocycles. The third-order valence-corrected chi connectivity index (χ3v) is 3.19. The lowest BCUT2D eigenvalue weighted by molar-refractivity contribution is -0.135. The highest BCUT2D eigenvalue weighted by Crippen LogP contribution is 2.23. The van der Waals surface area contributed by atoms with E-state index in [2.05, 4.69) is 10.6 Å². The van der Waals surface area contributed by atoms with Gasteiger partial charge in [0, 0.05) is 30.6 Å². The fourth-order valence-corrected chi connectivity index (χ4v) is 2.12. The predicted octanol–water partition coefficient (Wildman–Crippen LogP) is 2.64. The van der Waals surface area contributed by atoms with Gasteiger partial charge in [0.2, 0.25) is 5.91 Å². The molecule has 0 fully saturated rings. The van der Waals surface area contributed by atoms with Gasteiger partial charge in [-0.2, -0.15) is 13.2 Å². The summed E-state index contributed by atoms with van der Waals surface area (Å²) in [7, 11) is 0. The molecule has 0 unspecified atom stereocenters. The van der Waals surface area contributed by atoms with Crippen molar-refractivity contribution in [3.8, 4) is 0 Å². The average molecular weight is 300 g/mol. The number of hydrogen-bond donors (Lipinski definition) is 2. The van der Waals surface area contributed by atoms with E-state index in [0.29, 0.717) is 24.1 Å². The van der Waals surface area contributed by atoms with Crippen LogP contribution < -0.4 is 10.6 Å². The van der Waals surface area contributed by atoms with Crippen LogP contribution in [0.3, 0.4) is 0 Å². The molecular weight excluding hydrogens is 285 g/mol. The molecule has 0 saturated carbocycles. The number of carbonyl (C=O) groups excluding carboxylic acids is 2. The molecule has 0 spiro atoms. The minimum absolute atomic E-state index is 0.0217. The molecule has 21 heavy (non-hydrogen) atoms. The number of hydrogen-bond acceptors (Lipinski definition) is 2. The van der Waals surface area contributed by atoms with Gasteiger partial charge in [0.25, 0.3) is 5.91 Å². The fraction of sp³-hybridized carbons (Fsp3) is 0.429. The lowest BCUT2D eigenvalue weighted by Gasteiger charge is -2.17. The normalized spacial score (nSPS) is 14.3. The number of alkyl halides is 3. The molecule has 114 valence electrons. The first-order chi connectivity index (χ1) is 9.85. The van der Waals surface area contributed by atoms with Gasteiger partial charge in [-0.25, -0.2) is 0 Å². The molecule has 0 aromatic heterocycles. The van der Waals surface area contributed by atoms with Crippen LogP contribution in [0.15, 0.2) is 18.2 Å². The van der Waals surface area contributed by atoms with E-state index in [9.17, 15) is 22.8 Å². The Morgan fingerprint density at radius 1 is 1.29 bits per heavy atom. The van der Waals surface area contributed by atoms with Crippen LogP contribution in [0.4, 0.5) is 18.9 Å². The van der Waals surface area contributed by atoms with Gasteiger partial charge >= 0.3 is 6.18 Å². The number of rotatable bonds is 4. The predicted molar refractivity (Wildman–Crippen MR) is 71.0 cm³/mol. The zero-order chi connectivity index (χ0) is 15.5. The quantitative estimate of drug-likeness (QED) is 0.840. The second kappa shape index (κ2) is 6.15. The van der Waals surface area contributed by atoms with Crippen molar-refractivity contribution in [2.24, 2.45) is 0 Å². The molecule has 1 aliphatic rings. The van der Waals surface area contributed by atoms with Crippen LogP contribution in [0.5, 0.6) is 0 Å². The monoisotopic (exact) mass is 300 g/mol. The summed E-state index contributed by atoms with van der Waals surface area (Å²) in [4.78, 5) is 23.1. The first-order valence-corrected chi connectivity index (χ1v) is 6.63. The van der Waals surface area contributed by atoms with Gasteiger partial charge in [0.05, 0.1) is 0 Å². The Kier molecular flexibility index (Phi) is 4.50. The zero-order valence-electron chi connectivity index (χ0n) is 11.2. The van der Waals surface area contributed by atoms with Gasteiger partial charge in [-0.1, -0.05) is 0 Å². The van der Waals surface area contributed by atoms with Gasteiger partial charge in [-0.3, -0.25) is 9.59 Å². The summed E-state index contributed by atoms with van der Waals surface area (Å²) >= 11 is 0. The zero-order valence-corrected chi connectivity index (χ0v) is 11.2. The summed E-state index contributed by atoms with van der Waals surface area (Å²) in [6.07, 6.45) is -4.34. The van der Waals surface area contributed by atoms with Crippen molar-refractivity contribution in [2.45, 2.75) is 31.9 Å². The van der Waals surface area contributed by atoms with E-state index < -0.39 is 18.5 Å². The number of carbonyl (C=O) groups is 2. The minimum atomic E-state index is -4.20. The van der Waals surface area contributed by atoms with E-state index in [0.717, 1.165) is 5.56 Å². The highest BCUT2D eigenvalue weighted by molar-refractivity contribution is 5.97. The number of nitrogens with one attached hydrogen (secondary N) is 2. The summed E-state index contributed by atoms with van der Waals surface area (Å²) in [5.41, 5.74) is 1.93. The highest BCUT2D eigenvalue weighted by atomic mass is 19.4. The smallest absolute Gasteiger partial charge is 0.352 e. The number of aryl methyl sites for hydroxylation is 1. The van der Waals surface area contributed by atoms with Crippen LogP contribution in [0.2, 0.25) is 0 Å². The summed E-state index contributed by atoms with van der Waals surface area (Å²) in [5.74, 6) is -0.469. The summed E-state index contributed by atoms with van der Waals surface area (Å²) < 4.78 is 35.9. The van der Waals surface area contributed by atoms with E-state index in [4.69, 9.17) is 0 Å². The molecule has 2 N–H and O–H groups in total. The van der Waals surface area contributed by atoms with Crippen molar-refractivity contribution in [1.82, 2.24) is 5.32 Å². The van der Waals surface area contributed by atoms with Crippen molar-refractivity contribution in [3.05, 3.63) is 29.3 Å². The number of fused-ring (bicyclic) bond motifs is 1. The van der Waals surface area contributed by atoms with Gasteiger partial charge < -0.3 is 10.6 Å². The Morgan fingerprint density at radius 3 is 2.76 bits per heavy atom. The Labute approximate surface area is 119 Å². The van der Waals surface area contributed by atoms with Gasteiger partial charge in [0.1, 0.15) is 0 Å². The molecule has 0 radical (unpaired) electrons. The van der Waals surface area contributed by atoms with Crippen molar-refractivity contribution in [3.63, 3.8) is 0 Å². The van der Waals surface area contributed by atoms with Gasteiger partial charge in [-0.05, 0) is 36.6 Å². The van der Waals surface area contributed by atoms with E-state index in [1.54, 1.807) is 18.2 Å². The van der Waals surface area contributed by atoms with Crippen LogP contribution in [-0.2, 0) is 11.2 Å². The standard InChI is InChI=1S/C14H15F3N2O2/c15-14(16,17)6-1-7-18-13(21)10-2-4-11-9(8-10)3-5-12(20)19-11/h2,4,8H,1,3,5-7H2,(H,18,21)(H,19,20). The Balaban J connectivity index is 1.90. The second-order valence-corrected chi connectivity index (χ2v) is 4.89. The second-order valence-electron chi connectivity index (χ2n) is 4.89. The van der Waals surface area contributed by atoms with Crippen molar-refractivity contribution >= 4 is 17.5 Å². The first-order valence-electron chi connectivity index (χ1n) is 6.63. The minimum Gasteiger partial charge on any atom is -0.352 e. The maximum atomic E-state index is 12.0. The van der Waals surface area contributed by atoms with Crippen LogP contribution in [0.1, 0.15) is 35.2 Å². The van der Waals surface area contributed by atoms with Crippen LogP contribution in [0, 0.1) is 0 Å². The maximum Gasteiger partial charge on any atom is 0.389 e. The van der Waals surface area contributed by atoms with Crippen LogP contribution in [0.25, 0.3) is 0 Å². The topological polar surface area (TPSA) is 58.2 Å². The molecule has 7 heteroatoms. The molecule has 1 aromatic rings. The largest absolute Gasteiger partial charge is 0.389 e. The van der Waals surface area contributed by atoms with Crippen molar-refractivity contribution in [1.29, 1.82) is 0 Å². The molecule has 4 nitrogen and oxygen atoms in total. The SMILES string of the molecule is O=C1CCc2cc(C(=O)NCCCC(F)(F)F)ccc2N1. The maximum absolute atomic E-state index is 12.0. The number of amides is 2. The van der Waals surface area contributed by atoms with E-state index >= 15 is 0 Å². The lowest BCUT2D eigenvalue weighted by Crippen LogP contribution is -2.26. The van der Waals surface area contributed by atoms with E-state index in [-0.39, 0.29) is 18.9 Å². The third-order valence-electron chi connectivity index (χ3n) is 3.19. The van der Waals surface area contributed by atoms with Crippen LogP contribution in [-0.4, -0.2) is 24.5 Å². The van der Waals surface area contributed by atoms with E-state index in [1.807, 2.05) is 0 Å². The molecule has 1 aliphatic heterocycles. The average Bonchev–Trinajstić information content (AvgIpc) is 2.41. The molecule has 0 saturated heterocycles. The lowest BCUT2D eigenvalue weighted by atomic mass is 10.00. The molecule has 1 heterocycles. The summed E-state index contributed by atoms with van der Waals surface area (Å²) in [5, 5.41) is 5.16. The molecule has 0 atom stereocenters. The first kappa shape index (κ1) is 15.3. The van der Waals surface area contributed by atoms with Gasteiger partial charge in [0.15, 0.2) is 0 Å². The number of halogens is 3. The molecule has 2 rings (SSSR count). The van der Waals surface area contributed by atoms with Crippen molar-refractivity contribution < 1.29 is 22.8 Å². The fourth-order valence-electron chi connectivity index (χ4n) is 2.12. The van der Waals surface area contributed by atoms with Gasteiger partial charge in [-0.15, -0.1) is 0 Å². The summed E-state index contributed by atoms with van der Waals surface area (Å²) in [6, 6.07) is 4.84. The number of anilines is 1. The Hall–Kier alpha value is -2.05. The van der Waals surface area contributed by atoms with E-state index in [1.165, 1.54) is 0 Å². The Bertz CT molecular complexity index is 556. The molecular formula is C14H15F3N2O2. The Morgan fingerprint density at radius 2 is 2.05 bits per heavy atom. The number of benzene rings is 1. The third kappa shape index (κ3) is 4.47. The molecule has 1 aromatic carbocycles. The van der Waals surface area contributed by atoms with Crippen LogP contribution >= 0.6 is 0 Å².